The van der Waals surface area contributed by atoms with Crippen molar-refractivity contribution in [2.75, 3.05) is 5.32 Å². The molecular weight excluding hydrogens is 275 g/mol. The Labute approximate surface area is 113 Å². The molecule has 4 nitrogen and oxygen atoms in total. The van der Waals surface area contributed by atoms with Gasteiger partial charge in [-0.25, -0.2) is 4.79 Å². The second-order valence-corrected chi connectivity index (χ2v) is 4.29. The molecule has 2 rings (SSSR count). The highest BCUT2D eigenvalue weighted by molar-refractivity contribution is 6.42. The maximum absolute atomic E-state index is 11.0. The first kappa shape index (κ1) is 12.7. The summed E-state index contributed by atoms with van der Waals surface area (Å²) < 4.78 is 0. The predicted molar refractivity (Wildman–Crippen MR) is 70.9 cm³/mol. The number of benzene rings is 1. The lowest BCUT2D eigenvalue weighted by Gasteiger charge is -2.09. The average Bonchev–Trinajstić information content (AvgIpc) is 2.34. The first-order chi connectivity index (χ1) is 8.58. The number of nitrogens with zero attached hydrogens (tertiary/aromatic N) is 1. The highest BCUT2D eigenvalue weighted by atomic mass is 35.5. The van der Waals surface area contributed by atoms with Crippen LogP contribution in [-0.2, 0) is 0 Å². The van der Waals surface area contributed by atoms with Crippen LogP contribution in [0.15, 0.2) is 36.7 Å². The highest BCUT2D eigenvalue weighted by Crippen LogP contribution is 2.27. The third-order valence-electron chi connectivity index (χ3n) is 2.25. The summed E-state index contributed by atoms with van der Waals surface area (Å²) in [5.41, 5.74) is 1.17. The number of carboxylic acids is 1. The van der Waals surface area contributed by atoms with Crippen molar-refractivity contribution in [3.63, 3.8) is 0 Å². The molecule has 1 heterocycles. The molecule has 18 heavy (non-hydrogen) atoms. The van der Waals surface area contributed by atoms with Crippen molar-refractivity contribution in [2.45, 2.75) is 0 Å². The predicted octanol–water partition coefficient (Wildman–Crippen LogP) is 3.83. The van der Waals surface area contributed by atoms with Crippen LogP contribution in [0.5, 0.6) is 0 Å². The minimum Gasteiger partial charge on any atom is -0.478 e. The Morgan fingerprint density at radius 2 is 2.00 bits per heavy atom. The average molecular weight is 283 g/mol. The van der Waals surface area contributed by atoms with E-state index in [2.05, 4.69) is 10.3 Å². The lowest BCUT2D eigenvalue weighted by molar-refractivity contribution is 0.0698. The standard InChI is InChI=1S/C12H8Cl2N2O2/c13-9-2-1-7(5-10(9)14)16-11-6-15-4-3-8(11)12(17)18/h1-6,16H,(H,17,18). The van der Waals surface area contributed by atoms with E-state index in [1.807, 2.05) is 0 Å². The second kappa shape index (κ2) is 5.25. The van der Waals surface area contributed by atoms with Crippen molar-refractivity contribution in [1.29, 1.82) is 0 Å². The molecule has 2 N–H and O–H groups in total. The maximum atomic E-state index is 11.0. The molecule has 0 saturated heterocycles. The molecule has 0 radical (unpaired) electrons. The van der Waals surface area contributed by atoms with Gasteiger partial charge in [0.1, 0.15) is 0 Å². The van der Waals surface area contributed by atoms with Gasteiger partial charge in [-0.05, 0) is 24.3 Å². The fourth-order valence-electron chi connectivity index (χ4n) is 1.41. The second-order valence-electron chi connectivity index (χ2n) is 3.48. The van der Waals surface area contributed by atoms with E-state index in [0.29, 0.717) is 21.4 Å². The van der Waals surface area contributed by atoms with Crippen LogP contribution in [-0.4, -0.2) is 16.1 Å². The molecule has 0 aliphatic heterocycles. The number of carbonyl (C=O) groups is 1. The molecule has 0 amide bonds. The van der Waals surface area contributed by atoms with Gasteiger partial charge in [-0.1, -0.05) is 23.2 Å². The summed E-state index contributed by atoms with van der Waals surface area (Å²) in [6.07, 6.45) is 2.86. The summed E-state index contributed by atoms with van der Waals surface area (Å²) in [6, 6.07) is 6.36. The molecular formula is C12H8Cl2N2O2. The van der Waals surface area contributed by atoms with Gasteiger partial charge in [0.05, 0.1) is 27.5 Å². The quantitative estimate of drug-likeness (QED) is 0.898. The zero-order valence-corrected chi connectivity index (χ0v) is 10.5. The Hall–Kier alpha value is -1.78. The maximum Gasteiger partial charge on any atom is 0.337 e. The smallest absolute Gasteiger partial charge is 0.337 e. The summed E-state index contributed by atoms with van der Waals surface area (Å²) >= 11 is 11.7. The Kier molecular flexibility index (Phi) is 3.69. The third-order valence-corrected chi connectivity index (χ3v) is 2.99. The van der Waals surface area contributed by atoms with Crippen molar-refractivity contribution in [3.05, 3.63) is 52.3 Å². The van der Waals surface area contributed by atoms with Gasteiger partial charge in [-0.3, -0.25) is 4.98 Å². The number of halogens is 2. The number of aromatic carboxylic acids is 1. The summed E-state index contributed by atoms with van der Waals surface area (Å²) in [7, 11) is 0. The lowest BCUT2D eigenvalue weighted by Crippen LogP contribution is -2.03. The largest absolute Gasteiger partial charge is 0.478 e. The van der Waals surface area contributed by atoms with Gasteiger partial charge in [0.25, 0.3) is 0 Å². The number of hydrogen-bond donors (Lipinski definition) is 2. The molecule has 1 aromatic heterocycles. The van der Waals surface area contributed by atoms with Gasteiger partial charge >= 0.3 is 5.97 Å². The van der Waals surface area contributed by atoms with E-state index in [0.717, 1.165) is 0 Å². The summed E-state index contributed by atoms with van der Waals surface area (Å²) in [5, 5.41) is 12.8. The zero-order valence-electron chi connectivity index (χ0n) is 9.02. The van der Waals surface area contributed by atoms with E-state index < -0.39 is 5.97 Å². The first-order valence-electron chi connectivity index (χ1n) is 4.97. The van der Waals surface area contributed by atoms with E-state index in [9.17, 15) is 4.79 Å². The van der Waals surface area contributed by atoms with Gasteiger partial charge in [-0.15, -0.1) is 0 Å². The van der Waals surface area contributed by atoms with Crippen LogP contribution in [0.2, 0.25) is 10.0 Å². The van der Waals surface area contributed by atoms with Crippen LogP contribution in [0.25, 0.3) is 0 Å². The van der Waals surface area contributed by atoms with Crippen molar-refractivity contribution in [2.24, 2.45) is 0 Å². The first-order valence-corrected chi connectivity index (χ1v) is 5.73. The van der Waals surface area contributed by atoms with Gasteiger partial charge < -0.3 is 10.4 Å². The third kappa shape index (κ3) is 2.72. The molecule has 0 unspecified atom stereocenters. The lowest BCUT2D eigenvalue weighted by atomic mass is 10.2. The number of pyridine rings is 1. The van der Waals surface area contributed by atoms with Crippen LogP contribution in [0, 0.1) is 0 Å². The van der Waals surface area contributed by atoms with Crippen molar-refractivity contribution >= 4 is 40.5 Å². The van der Waals surface area contributed by atoms with Gasteiger partial charge in [0, 0.05) is 11.9 Å². The Balaban J connectivity index is 2.34. The molecule has 0 bridgehead atoms. The number of aromatic nitrogens is 1. The molecule has 0 atom stereocenters. The summed E-state index contributed by atoms with van der Waals surface area (Å²) in [5.74, 6) is -1.03. The molecule has 0 fully saturated rings. The van der Waals surface area contributed by atoms with Crippen molar-refractivity contribution in [1.82, 2.24) is 4.98 Å². The SMILES string of the molecule is O=C(O)c1ccncc1Nc1ccc(Cl)c(Cl)c1. The van der Waals surface area contributed by atoms with Gasteiger partial charge in [0.15, 0.2) is 0 Å². The molecule has 2 aromatic rings. The number of anilines is 2. The van der Waals surface area contributed by atoms with Crippen LogP contribution in [0.3, 0.4) is 0 Å². The van der Waals surface area contributed by atoms with Crippen LogP contribution >= 0.6 is 23.2 Å². The van der Waals surface area contributed by atoms with Crippen molar-refractivity contribution in [3.8, 4) is 0 Å². The topological polar surface area (TPSA) is 62.2 Å². The molecule has 1 aromatic carbocycles. The molecule has 6 heteroatoms. The number of nitrogens with one attached hydrogen (secondary N) is 1. The van der Waals surface area contributed by atoms with Crippen LogP contribution < -0.4 is 5.32 Å². The molecule has 0 aliphatic rings. The Morgan fingerprint density at radius 1 is 1.22 bits per heavy atom. The minimum atomic E-state index is -1.03. The fraction of sp³-hybridized carbons (Fsp3) is 0. The molecule has 0 aliphatic carbocycles. The Morgan fingerprint density at radius 3 is 2.67 bits per heavy atom. The zero-order chi connectivity index (χ0) is 13.1. The number of rotatable bonds is 3. The van der Waals surface area contributed by atoms with Gasteiger partial charge in [0.2, 0.25) is 0 Å². The molecule has 92 valence electrons. The number of carboxylic acid groups (broad SMARTS) is 1. The normalized spacial score (nSPS) is 10.1. The van der Waals surface area contributed by atoms with E-state index in [-0.39, 0.29) is 5.56 Å². The fourth-order valence-corrected chi connectivity index (χ4v) is 1.71. The van der Waals surface area contributed by atoms with Crippen molar-refractivity contribution < 1.29 is 9.90 Å². The molecule has 0 spiro atoms. The van der Waals surface area contributed by atoms with Gasteiger partial charge in [-0.2, -0.15) is 0 Å². The van der Waals surface area contributed by atoms with E-state index in [4.69, 9.17) is 28.3 Å². The van der Waals surface area contributed by atoms with E-state index in [1.165, 1.54) is 18.5 Å². The minimum absolute atomic E-state index is 0.135. The van der Waals surface area contributed by atoms with Crippen LogP contribution in [0.4, 0.5) is 11.4 Å². The number of hydrogen-bond acceptors (Lipinski definition) is 3. The molecule has 0 saturated carbocycles. The Bertz CT molecular complexity index is 602. The summed E-state index contributed by atoms with van der Waals surface area (Å²) in [6.45, 7) is 0. The van der Waals surface area contributed by atoms with E-state index in [1.54, 1.807) is 18.2 Å². The van der Waals surface area contributed by atoms with Crippen LogP contribution in [0.1, 0.15) is 10.4 Å². The van der Waals surface area contributed by atoms with E-state index >= 15 is 0 Å². The highest BCUT2D eigenvalue weighted by Gasteiger charge is 2.10. The monoisotopic (exact) mass is 282 g/mol. The summed E-state index contributed by atoms with van der Waals surface area (Å²) in [4.78, 5) is 14.9.